The third kappa shape index (κ3) is 6.37. The van der Waals surface area contributed by atoms with Crippen molar-refractivity contribution in [2.75, 3.05) is 5.32 Å². The van der Waals surface area contributed by atoms with Crippen LogP contribution in [0.5, 0.6) is 5.75 Å². The summed E-state index contributed by atoms with van der Waals surface area (Å²) < 4.78 is 0. The lowest BCUT2D eigenvalue weighted by Crippen LogP contribution is -2.15. The van der Waals surface area contributed by atoms with Crippen molar-refractivity contribution in [3.63, 3.8) is 0 Å². The molecule has 2 N–H and O–H groups in total. The van der Waals surface area contributed by atoms with E-state index in [1.54, 1.807) is 24.4 Å². The van der Waals surface area contributed by atoms with Crippen LogP contribution < -0.4 is 5.32 Å². The number of aromatic hydroxyl groups is 1. The number of nitrogens with one attached hydrogen (secondary N) is 1. The lowest BCUT2D eigenvalue weighted by molar-refractivity contribution is 0.101. The number of amides is 1. The van der Waals surface area contributed by atoms with E-state index in [9.17, 15) is 9.90 Å². The molecule has 166 valence electrons. The quantitative estimate of drug-likeness (QED) is 0.236. The Labute approximate surface area is 201 Å². The molecule has 33 heavy (non-hydrogen) atoms. The minimum absolute atomic E-state index is 0.0825. The number of benzene rings is 3. The first-order valence-electron chi connectivity index (χ1n) is 10.4. The average molecular weight is 474 g/mol. The number of phenolic OH excluding ortho intramolecular Hbond substituents is 1. The van der Waals surface area contributed by atoms with Crippen LogP contribution >= 0.6 is 23.5 Å². The maximum absolute atomic E-state index is 13.2. The fraction of sp³-hybridized carbons (Fsp3) is 0.115. The summed E-state index contributed by atoms with van der Waals surface area (Å²) in [5.41, 5.74) is 4.34. The normalized spacial score (nSPS) is 10.7. The van der Waals surface area contributed by atoms with Gasteiger partial charge < -0.3 is 10.4 Å². The number of nitrogens with zero attached hydrogens (tertiary/aromatic N) is 2. The first-order chi connectivity index (χ1) is 16.0. The highest BCUT2D eigenvalue weighted by atomic mass is 32.2. The van der Waals surface area contributed by atoms with Crippen LogP contribution in [0.3, 0.4) is 0 Å². The van der Waals surface area contributed by atoms with Crippen molar-refractivity contribution in [1.29, 1.82) is 0 Å². The van der Waals surface area contributed by atoms with Gasteiger partial charge in [0.25, 0.3) is 5.91 Å². The second-order valence-electron chi connectivity index (χ2n) is 7.56. The monoisotopic (exact) mass is 473 g/mol. The zero-order chi connectivity index (χ0) is 23.2. The molecule has 1 aromatic heterocycles. The first-order valence-corrected chi connectivity index (χ1v) is 12.2. The number of hydrogen-bond acceptors (Lipinski definition) is 6. The molecule has 4 aromatic rings. The van der Waals surface area contributed by atoms with Crippen molar-refractivity contribution < 1.29 is 9.90 Å². The number of anilines is 1. The molecule has 7 heteroatoms. The largest absolute Gasteiger partial charge is 0.508 e. The molecule has 5 nitrogen and oxygen atoms in total. The van der Waals surface area contributed by atoms with Crippen LogP contribution in [-0.2, 0) is 5.75 Å². The highest BCUT2D eigenvalue weighted by Gasteiger charge is 2.17. The molecule has 3 aromatic carbocycles. The Morgan fingerprint density at radius 3 is 2.52 bits per heavy atom. The molecule has 4 rings (SSSR count). The Hall–Kier alpha value is -3.29. The van der Waals surface area contributed by atoms with Gasteiger partial charge in [-0.1, -0.05) is 77.1 Å². The Bertz CT molecular complexity index is 1280. The molecule has 0 atom stereocenters. The third-order valence-electron chi connectivity index (χ3n) is 4.75. The van der Waals surface area contributed by atoms with Gasteiger partial charge in [0.1, 0.15) is 11.4 Å². The number of phenols is 1. The fourth-order valence-corrected chi connectivity index (χ4v) is 4.74. The maximum Gasteiger partial charge on any atom is 0.275 e. The Morgan fingerprint density at radius 1 is 0.970 bits per heavy atom. The number of rotatable bonds is 7. The number of aromatic nitrogens is 2. The number of carbonyl (C=O) groups excluding carboxylic acids is 1. The Balaban J connectivity index is 1.60. The van der Waals surface area contributed by atoms with Crippen molar-refractivity contribution in [1.82, 2.24) is 9.97 Å². The van der Waals surface area contributed by atoms with E-state index in [0.717, 1.165) is 4.90 Å². The summed E-state index contributed by atoms with van der Waals surface area (Å²) >= 11 is 2.93. The molecule has 0 fully saturated rings. The lowest BCUT2D eigenvalue weighted by Gasteiger charge is -2.11. The van der Waals surface area contributed by atoms with Crippen LogP contribution in [0, 0.1) is 13.8 Å². The van der Waals surface area contributed by atoms with Crippen molar-refractivity contribution in [2.24, 2.45) is 0 Å². The topological polar surface area (TPSA) is 75.1 Å². The van der Waals surface area contributed by atoms with E-state index in [1.807, 2.05) is 37.3 Å². The van der Waals surface area contributed by atoms with E-state index in [0.29, 0.717) is 27.2 Å². The highest BCUT2D eigenvalue weighted by Crippen LogP contribution is 2.31. The molecule has 0 saturated carbocycles. The van der Waals surface area contributed by atoms with Crippen LogP contribution in [-0.4, -0.2) is 21.0 Å². The molecular formula is C26H23N3O2S2. The van der Waals surface area contributed by atoms with Crippen LogP contribution in [0.2, 0.25) is 0 Å². The number of thioether (sulfide) groups is 1. The van der Waals surface area contributed by atoms with Crippen LogP contribution in [0.4, 0.5) is 5.69 Å². The predicted molar refractivity (Wildman–Crippen MR) is 134 cm³/mol. The summed E-state index contributed by atoms with van der Waals surface area (Å²) in [6.45, 7) is 4.09. The van der Waals surface area contributed by atoms with Crippen LogP contribution in [0.1, 0.15) is 27.2 Å². The SMILES string of the molecule is Cc1ccc(Sc2cnc(SCc3cccc(C)c3)nc2C(=O)Nc2cccc(O)c2)cc1. The summed E-state index contributed by atoms with van der Waals surface area (Å²) in [4.78, 5) is 23.9. The van der Waals surface area contributed by atoms with Gasteiger partial charge in [0, 0.05) is 28.6 Å². The van der Waals surface area contributed by atoms with Crippen molar-refractivity contribution in [3.05, 3.63) is 101 Å². The summed E-state index contributed by atoms with van der Waals surface area (Å²) in [6, 6.07) is 22.8. The van der Waals surface area contributed by atoms with Crippen molar-refractivity contribution >= 4 is 35.1 Å². The average Bonchev–Trinajstić information content (AvgIpc) is 2.80. The minimum Gasteiger partial charge on any atom is -0.508 e. The van der Waals surface area contributed by atoms with Gasteiger partial charge >= 0.3 is 0 Å². The van der Waals surface area contributed by atoms with E-state index in [2.05, 4.69) is 40.4 Å². The summed E-state index contributed by atoms with van der Waals surface area (Å²) in [5, 5.41) is 13.1. The maximum atomic E-state index is 13.2. The molecule has 0 aliphatic heterocycles. The number of hydrogen-bond donors (Lipinski definition) is 2. The molecular weight excluding hydrogens is 450 g/mol. The van der Waals surface area contributed by atoms with Crippen LogP contribution in [0.25, 0.3) is 0 Å². The Morgan fingerprint density at radius 2 is 1.76 bits per heavy atom. The van der Waals surface area contributed by atoms with E-state index in [4.69, 9.17) is 0 Å². The Kier molecular flexibility index (Phi) is 7.32. The molecule has 1 amide bonds. The van der Waals surface area contributed by atoms with Gasteiger partial charge in [-0.05, 0) is 43.7 Å². The van der Waals surface area contributed by atoms with Gasteiger partial charge in [0.05, 0.1) is 4.90 Å². The molecule has 0 saturated heterocycles. The van der Waals surface area contributed by atoms with Gasteiger partial charge in [0.15, 0.2) is 5.16 Å². The van der Waals surface area contributed by atoms with E-state index < -0.39 is 0 Å². The smallest absolute Gasteiger partial charge is 0.275 e. The predicted octanol–water partition coefficient (Wildman–Crippen LogP) is 6.49. The zero-order valence-corrected chi connectivity index (χ0v) is 19.9. The van der Waals surface area contributed by atoms with E-state index in [1.165, 1.54) is 46.3 Å². The lowest BCUT2D eigenvalue weighted by atomic mass is 10.2. The van der Waals surface area contributed by atoms with E-state index in [-0.39, 0.29) is 11.7 Å². The van der Waals surface area contributed by atoms with Gasteiger partial charge in [0.2, 0.25) is 0 Å². The fourth-order valence-electron chi connectivity index (χ4n) is 3.12. The van der Waals surface area contributed by atoms with Gasteiger partial charge in [-0.2, -0.15) is 0 Å². The summed E-state index contributed by atoms with van der Waals surface area (Å²) in [7, 11) is 0. The number of aryl methyl sites for hydroxylation is 2. The molecule has 0 aliphatic rings. The molecule has 0 spiro atoms. The summed E-state index contributed by atoms with van der Waals surface area (Å²) in [6.07, 6.45) is 1.70. The third-order valence-corrected chi connectivity index (χ3v) is 6.71. The molecule has 0 unspecified atom stereocenters. The highest BCUT2D eigenvalue weighted by molar-refractivity contribution is 7.99. The second-order valence-corrected chi connectivity index (χ2v) is 9.62. The molecule has 0 radical (unpaired) electrons. The first kappa shape index (κ1) is 22.9. The number of carbonyl (C=O) groups is 1. The van der Waals surface area contributed by atoms with Crippen LogP contribution in [0.15, 0.2) is 93.9 Å². The summed E-state index contributed by atoms with van der Waals surface area (Å²) in [5.74, 6) is 0.439. The second kappa shape index (κ2) is 10.6. The van der Waals surface area contributed by atoms with E-state index >= 15 is 0 Å². The molecule has 0 aliphatic carbocycles. The van der Waals surface area contributed by atoms with Crippen molar-refractivity contribution in [2.45, 2.75) is 34.5 Å². The van der Waals surface area contributed by atoms with Gasteiger partial charge in [-0.3, -0.25) is 4.79 Å². The molecule has 1 heterocycles. The molecule has 0 bridgehead atoms. The van der Waals surface area contributed by atoms with Gasteiger partial charge in [-0.15, -0.1) is 0 Å². The standard InChI is InChI=1S/C26H23N3O2S2/c1-17-9-11-22(12-10-17)33-23-15-27-26(32-16-19-6-3-5-18(2)13-19)29-24(23)25(31)28-20-7-4-8-21(30)14-20/h3-15,30H,16H2,1-2H3,(H,28,31). The minimum atomic E-state index is -0.352. The van der Waals surface area contributed by atoms with Crippen molar-refractivity contribution in [3.8, 4) is 5.75 Å². The van der Waals surface area contributed by atoms with Gasteiger partial charge in [-0.25, -0.2) is 9.97 Å². The zero-order valence-electron chi connectivity index (χ0n) is 18.3.